The van der Waals surface area contributed by atoms with E-state index < -0.39 is 0 Å². The molecule has 4 rings (SSSR count). The lowest BCUT2D eigenvalue weighted by molar-refractivity contribution is 0.415. The van der Waals surface area contributed by atoms with E-state index in [9.17, 15) is 0 Å². The SMILES string of the molecule is COc1ccc2c(c1)C(c1ccc(N(C)C)cc1)=NNC(c1cccs1)=N2. The van der Waals surface area contributed by atoms with Crippen LogP contribution in [-0.4, -0.2) is 32.8 Å². The van der Waals surface area contributed by atoms with E-state index in [1.165, 1.54) is 0 Å². The zero-order chi connectivity index (χ0) is 18.8. The maximum atomic E-state index is 5.43. The van der Waals surface area contributed by atoms with Crippen LogP contribution < -0.4 is 15.1 Å². The van der Waals surface area contributed by atoms with Crippen molar-refractivity contribution in [2.75, 3.05) is 26.1 Å². The van der Waals surface area contributed by atoms with Crippen molar-refractivity contribution < 1.29 is 4.74 Å². The predicted molar refractivity (Wildman–Crippen MR) is 113 cm³/mol. The van der Waals surface area contributed by atoms with E-state index in [1.54, 1.807) is 18.4 Å². The Bertz CT molecular complexity index is 1010. The van der Waals surface area contributed by atoms with Gasteiger partial charge in [0.25, 0.3) is 0 Å². The van der Waals surface area contributed by atoms with Gasteiger partial charge in [0.2, 0.25) is 0 Å². The summed E-state index contributed by atoms with van der Waals surface area (Å²) in [5.74, 6) is 1.53. The van der Waals surface area contributed by atoms with E-state index >= 15 is 0 Å². The van der Waals surface area contributed by atoms with Crippen LogP contribution in [0.25, 0.3) is 0 Å². The molecule has 2 aromatic carbocycles. The monoisotopic (exact) mass is 376 g/mol. The summed E-state index contributed by atoms with van der Waals surface area (Å²) < 4.78 is 5.43. The van der Waals surface area contributed by atoms with Crippen molar-refractivity contribution in [2.45, 2.75) is 0 Å². The van der Waals surface area contributed by atoms with Crippen LogP contribution in [0.15, 0.2) is 70.1 Å². The fourth-order valence-corrected chi connectivity index (χ4v) is 3.57. The summed E-state index contributed by atoms with van der Waals surface area (Å²) in [5, 5.41) is 6.73. The molecule has 0 saturated carbocycles. The molecule has 1 aromatic heterocycles. The summed E-state index contributed by atoms with van der Waals surface area (Å²) in [4.78, 5) is 7.94. The molecule has 0 amide bonds. The number of rotatable bonds is 4. The van der Waals surface area contributed by atoms with E-state index in [4.69, 9.17) is 14.8 Å². The Kier molecular flexibility index (Phi) is 4.64. The van der Waals surface area contributed by atoms with Gasteiger partial charge in [-0.05, 0) is 41.8 Å². The average molecular weight is 376 g/mol. The van der Waals surface area contributed by atoms with Crippen LogP contribution in [0.5, 0.6) is 5.75 Å². The smallest absolute Gasteiger partial charge is 0.164 e. The number of aliphatic imine (C=N–C) groups is 1. The Morgan fingerprint density at radius 2 is 1.85 bits per heavy atom. The van der Waals surface area contributed by atoms with Gasteiger partial charge in [-0.1, -0.05) is 18.2 Å². The first-order valence-corrected chi connectivity index (χ1v) is 9.46. The number of ether oxygens (including phenoxy) is 1. The molecule has 0 radical (unpaired) electrons. The van der Waals surface area contributed by atoms with Gasteiger partial charge < -0.3 is 9.64 Å². The van der Waals surface area contributed by atoms with Gasteiger partial charge in [0.15, 0.2) is 5.84 Å². The molecule has 5 nitrogen and oxygen atoms in total. The number of nitrogens with zero attached hydrogens (tertiary/aromatic N) is 3. The first-order chi connectivity index (χ1) is 13.2. The molecule has 3 aromatic rings. The number of fused-ring (bicyclic) bond motifs is 1. The number of anilines is 1. The number of hydrogen-bond acceptors (Lipinski definition) is 6. The van der Waals surface area contributed by atoms with E-state index in [-0.39, 0.29) is 0 Å². The molecule has 6 heteroatoms. The second kappa shape index (κ2) is 7.25. The third kappa shape index (κ3) is 3.44. The molecule has 136 valence electrons. The molecule has 1 N–H and O–H groups in total. The molecule has 2 heterocycles. The lowest BCUT2D eigenvalue weighted by atomic mass is 10.00. The maximum Gasteiger partial charge on any atom is 0.164 e. The predicted octanol–water partition coefficient (Wildman–Crippen LogP) is 4.26. The third-order valence-electron chi connectivity index (χ3n) is 4.38. The first-order valence-electron chi connectivity index (χ1n) is 8.58. The van der Waals surface area contributed by atoms with Gasteiger partial charge in [-0.3, -0.25) is 5.43 Å². The summed E-state index contributed by atoms with van der Waals surface area (Å²) in [5.41, 5.74) is 7.95. The molecule has 27 heavy (non-hydrogen) atoms. The average Bonchev–Trinajstić information content (AvgIpc) is 3.16. The number of hydrazone groups is 1. The maximum absolute atomic E-state index is 5.43. The first kappa shape index (κ1) is 17.3. The number of nitrogens with one attached hydrogen (secondary N) is 1. The number of thiophene rings is 1. The van der Waals surface area contributed by atoms with Gasteiger partial charge in [-0.15, -0.1) is 11.3 Å². The van der Waals surface area contributed by atoms with Crippen LogP contribution in [0, 0.1) is 0 Å². The summed E-state index contributed by atoms with van der Waals surface area (Å²) in [6.07, 6.45) is 0. The van der Waals surface area contributed by atoms with Crippen LogP contribution in [0.1, 0.15) is 16.0 Å². The standard InChI is InChI=1S/C21H20N4OS/c1-25(2)15-8-6-14(7-9-15)20-17-13-16(26-3)10-11-18(17)22-21(24-23-20)19-5-4-12-27-19/h4-13H,1-3H3,(H,22,24). The Balaban J connectivity index is 1.83. The van der Waals surface area contributed by atoms with Gasteiger partial charge in [-0.25, -0.2) is 4.99 Å². The second-order valence-electron chi connectivity index (χ2n) is 6.33. The Labute approximate surface area is 162 Å². The van der Waals surface area contributed by atoms with Crippen molar-refractivity contribution in [2.24, 2.45) is 10.1 Å². The summed E-state index contributed by atoms with van der Waals surface area (Å²) >= 11 is 1.63. The molecule has 0 aliphatic carbocycles. The highest BCUT2D eigenvalue weighted by molar-refractivity contribution is 7.12. The third-order valence-corrected chi connectivity index (χ3v) is 5.25. The Morgan fingerprint density at radius 1 is 1.04 bits per heavy atom. The number of methoxy groups -OCH3 is 1. The fraction of sp³-hybridized carbons (Fsp3) is 0.143. The Hall–Kier alpha value is -3.12. The van der Waals surface area contributed by atoms with Gasteiger partial charge in [-0.2, -0.15) is 5.10 Å². The van der Waals surface area contributed by atoms with E-state index in [1.807, 2.05) is 49.8 Å². The highest BCUT2D eigenvalue weighted by Gasteiger charge is 2.18. The summed E-state index contributed by atoms with van der Waals surface area (Å²) in [6.45, 7) is 0. The van der Waals surface area contributed by atoms with Crippen molar-refractivity contribution in [3.8, 4) is 5.75 Å². The van der Waals surface area contributed by atoms with Crippen LogP contribution in [0.3, 0.4) is 0 Å². The fourth-order valence-electron chi connectivity index (χ4n) is 2.90. The normalized spacial score (nSPS) is 13.0. The second-order valence-corrected chi connectivity index (χ2v) is 7.28. The zero-order valence-electron chi connectivity index (χ0n) is 15.4. The Morgan fingerprint density at radius 3 is 2.52 bits per heavy atom. The van der Waals surface area contributed by atoms with Crippen molar-refractivity contribution in [1.82, 2.24) is 5.43 Å². The van der Waals surface area contributed by atoms with E-state index in [2.05, 4.69) is 34.6 Å². The minimum Gasteiger partial charge on any atom is -0.497 e. The molecular formula is C21H20N4OS. The highest BCUT2D eigenvalue weighted by atomic mass is 32.1. The zero-order valence-corrected chi connectivity index (χ0v) is 16.2. The molecule has 0 spiro atoms. The van der Waals surface area contributed by atoms with Gasteiger partial charge >= 0.3 is 0 Å². The number of hydrogen-bond donors (Lipinski definition) is 1. The molecule has 0 fully saturated rings. The largest absolute Gasteiger partial charge is 0.497 e. The quantitative estimate of drug-likeness (QED) is 0.740. The minimum absolute atomic E-state index is 0.747. The molecule has 0 unspecified atom stereocenters. The van der Waals surface area contributed by atoms with E-state index in [0.29, 0.717) is 0 Å². The van der Waals surface area contributed by atoms with Crippen molar-refractivity contribution in [3.63, 3.8) is 0 Å². The highest BCUT2D eigenvalue weighted by Crippen LogP contribution is 2.30. The van der Waals surface area contributed by atoms with Crippen molar-refractivity contribution in [1.29, 1.82) is 0 Å². The molecule has 1 aliphatic heterocycles. The topological polar surface area (TPSA) is 49.2 Å². The molecular weight excluding hydrogens is 356 g/mol. The molecule has 0 atom stereocenters. The summed E-state index contributed by atoms with van der Waals surface area (Å²) in [7, 11) is 5.72. The van der Waals surface area contributed by atoms with Crippen LogP contribution in [-0.2, 0) is 0 Å². The van der Waals surface area contributed by atoms with Crippen molar-refractivity contribution in [3.05, 3.63) is 76.0 Å². The van der Waals surface area contributed by atoms with Crippen molar-refractivity contribution >= 4 is 34.3 Å². The van der Waals surface area contributed by atoms with Gasteiger partial charge in [0.05, 0.1) is 17.7 Å². The number of amidine groups is 1. The minimum atomic E-state index is 0.747. The summed E-state index contributed by atoms with van der Waals surface area (Å²) in [6, 6.07) is 18.2. The van der Waals surface area contributed by atoms with Crippen LogP contribution in [0.4, 0.5) is 11.4 Å². The molecule has 0 saturated heterocycles. The van der Waals surface area contributed by atoms with E-state index in [0.717, 1.165) is 44.7 Å². The lowest BCUT2D eigenvalue weighted by Gasteiger charge is -2.14. The van der Waals surface area contributed by atoms with Crippen LogP contribution >= 0.6 is 11.3 Å². The van der Waals surface area contributed by atoms with Gasteiger partial charge in [0, 0.05) is 30.9 Å². The van der Waals surface area contributed by atoms with Crippen LogP contribution in [0.2, 0.25) is 0 Å². The van der Waals surface area contributed by atoms with Gasteiger partial charge in [0.1, 0.15) is 11.5 Å². The molecule has 0 bridgehead atoms. The molecule has 1 aliphatic rings. The number of benzene rings is 2. The lowest BCUT2D eigenvalue weighted by Crippen LogP contribution is -2.18.